The lowest BCUT2D eigenvalue weighted by Crippen LogP contribution is -2.24. The van der Waals surface area contributed by atoms with Gasteiger partial charge in [0.1, 0.15) is 0 Å². The Morgan fingerprint density at radius 3 is 2.21 bits per heavy atom. The largest absolute Gasteiger partial charge is 0.469 e. The second kappa shape index (κ2) is 13.3. The average Bonchev–Trinajstić information content (AvgIpc) is 3.04. The molecule has 1 aliphatic carbocycles. The first-order valence-electron chi connectivity index (χ1n) is 11.9. The fourth-order valence-electron chi connectivity index (χ4n) is 4.81. The molecule has 33 heavy (non-hydrogen) atoms. The van der Waals surface area contributed by atoms with E-state index in [0.717, 1.165) is 49.8 Å². The average molecular weight is 475 g/mol. The van der Waals surface area contributed by atoms with Gasteiger partial charge in [0.15, 0.2) is 0 Å². The van der Waals surface area contributed by atoms with E-state index in [1.165, 1.54) is 19.2 Å². The predicted molar refractivity (Wildman–Crippen MR) is 118 cm³/mol. The third-order valence-corrected chi connectivity index (χ3v) is 6.80. The topological polar surface area (TPSA) is 87.0 Å². The van der Waals surface area contributed by atoms with Gasteiger partial charge in [-0.25, -0.2) is 0 Å². The Balaban J connectivity index is 1.71. The molecule has 5 unspecified atom stereocenters. The zero-order valence-corrected chi connectivity index (χ0v) is 19.3. The van der Waals surface area contributed by atoms with E-state index in [-0.39, 0.29) is 17.8 Å². The molecule has 5 atom stereocenters. The Morgan fingerprint density at radius 1 is 1.00 bits per heavy atom. The summed E-state index contributed by atoms with van der Waals surface area (Å²) in [5, 5.41) is 31.1. The Kier molecular flexibility index (Phi) is 11.1. The summed E-state index contributed by atoms with van der Waals surface area (Å²) < 4.78 is 42.6. The smallest absolute Gasteiger partial charge is 0.416 e. The second-order valence-corrected chi connectivity index (χ2v) is 9.19. The molecule has 0 heterocycles. The second-order valence-electron chi connectivity index (χ2n) is 9.19. The number of methoxy groups -OCH3 is 1. The molecule has 0 aliphatic heterocycles. The number of benzene rings is 1. The molecule has 188 valence electrons. The first-order valence-corrected chi connectivity index (χ1v) is 11.9. The number of ether oxygens (including phenoxy) is 1. The molecule has 3 N–H and O–H groups in total. The van der Waals surface area contributed by atoms with Crippen molar-refractivity contribution in [3.05, 3.63) is 35.4 Å². The standard InChI is InChI=1S/C25H37F3O5/c1-33-24(32)7-5-3-2-4-6-20-21(23(31)16-22(20)30)15-14-19(29)13-10-17-8-11-18(12-9-17)25(26,27)28/h8-9,11-12,19-23,29-31H,2-7,10,13-16H2,1H3. The van der Waals surface area contributed by atoms with E-state index >= 15 is 0 Å². The van der Waals surface area contributed by atoms with Gasteiger partial charge in [-0.3, -0.25) is 4.79 Å². The zero-order chi connectivity index (χ0) is 24.4. The van der Waals surface area contributed by atoms with E-state index < -0.39 is 30.1 Å². The molecule has 0 bridgehead atoms. The van der Waals surface area contributed by atoms with Crippen LogP contribution in [0.4, 0.5) is 13.2 Å². The SMILES string of the molecule is COC(=O)CCCCCCC1C(O)CC(O)C1CCC(O)CCc1ccc(C(F)(F)F)cc1. The molecule has 0 radical (unpaired) electrons. The van der Waals surface area contributed by atoms with E-state index in [1.807, 2.05) is 0 Å². The fraction of sp³-hybridized carbons (Fsp3) is 0.720. The molecule has 0 amide bonds. The van der Waals surface area contributed by atoms with Gasteiger partial charge in [0.05, 0.1) is 31.0 Å². The number of aliphatic hydroxyl groups excluding tert-OH is 3. The van der Waals surface area contributed by atoms with Crippen molar-refractivity contribution >= 4 is 5.97 Å². The highest BCUT2D eigenvalue weighted by Crippen LogP contribution is 2.39. The van der Waals surface area contributed by atoms with Crippen LogP contribution in [-0.2, 0) is 22.1 Å². The number of esters is 1. The Hall–Kier alpha value is -1.64. The maximum absolute atomic E-state index is 12.7. The molecule has 1 fully saturated rings. The summed E-state index contributed by atoms with van der Waals surface area (Å²) in [4.78, 5) is 11.1. The number of aryl methyl sites for hydroxylation is 1. The summed E-state index contributed by atoms with van der Waals surface area (Å²) in [5.41, 5.74) is 0.0542. The van der Waals surface area contributed by atoms with Crippen LogP contribution < -0.4 is 0 Å². The normalized spacial score (nSPS) is 24.1. The number of hydrogen-bond donors (Lipinski definition) is 3. The van der Waals surface area contributed by atoms with Gasteiger partial charge in [0.2, 0.25) is 0 Å². The summed E-state index contributed by atoms with van der Waals surface area (Å²) in [7, 11) is 1.38. The Morgan fingerprint density at radius 2 is 1.61 bits per heavy atom. The Labute approximate surface area is 194 Å². The predicted octanol–water partition coefficient (Wildman–Crippen LogP) is 4.65. The van der Waals surface area contributed by atoms with Gasteiger partial charge in [-0.1, -0.05) is 31.4 Å². The number of carbonyl (C=O) groups is 1. The molecule has 1 aromatic carbocycles. The number of hydrogen-bond acceptors (Lipinski definition) is 5. The minimum absolute atomic E-state index is 0.0114. The summed E-state index contributed by atoms with van der Waals surface area (Å²) in [6.45, 7) is 0. The highest BCUT2D eigenvalue weighted by Gasteiger charge is 2.40. The molecule has 0 aromatic heterocycles. The third kappa shape index (κ3) is 9.26. The van der Waals surface area contributed by atoms with Crippen LogP contribution in [0.15, 0.2) is 24.3 Å². The van der Waals surface area contributed by atoms with Crippen LogP contribution >= 0.6 is 0 Å². The third-order valence-electron chi connectivity index (χ3n) is 6.80. The fourth-order valence-corrected chi connectivity index (χ4v) is 4.81. The number of halogens is 3. The van der Waals surface area contributed by atoms with Crippen LogP contribution in [0.1, 0.15) is 75.3 Å². The summed E-state index contributed by atoms with van der Waals surface area (Å²) in [5.74, 6) is -0.292. The molecular weight excluding hydrogens is 437 g/mol. The van der Waals surface area contributed by atoms with Gasteiger partial charge in [0.25, 0.3) is 0 Å². The lowest BCUT2D eigenvalue weighted by Gasteiger charge is -2.24. The van der Waals surface area contributed by atoms with E-state index in [1.54, 1.807) is 0 Å². The number of carbonyl (C=O) groups excluding carboxylic acids is 1. The number of unbranched alkanes of at least 4 members (excludes halogenated alkanes) is 3. The Bertz CT molecular complexity index is 707. The van der Waals surface area contributed by atoms with E-state index in [9.17, 15) is 33.3 Å². The monoisotopic (exact) mass is 474 g/mol. The summed E-state index contributed by atoms with van der Waals surface area (Å²) >= 11 is 0. The maximum Gasteiger partial charge on any atom is 0.416 e. The van der Waals surface area contributed by atoms with Gasteiger partial charge in [-0.15, -0.1) is 0 Å². The van der Waals surface area contributed by atoms with Crippen LogP contribution in [0, 0.1) is 11.8 Å². The van der Waals surface area contributed by atoms with Gasteiger partial charge in [-0.05, 0) is 74.5 Å². The molecule has 0 spiro atoms. The quantitative estimate of drug-likeness (QED) is 0.286. The van der Waals surface area contributed by atoms with Crippen molar-refractivity contribution in [1.29, 1.82) is 0 Å². The van der Waals surface area contributed by atoms with Crippen molar-refractivity contribution in [1.82, 2.24) is 0 Å². The molecule has 1 aromatic rings. The molecule has 1 aliphatic rings. The van der Waals surface area contributed by atoms with Crippen molar-refractivity contribution in [2.45, 2.75) is 95.1 Å². The lowest BCUT2D eigenvalue weighted by atomic mass is 9.84. The first kappa shape index (κ1) is 27.6. The van der Waals surface area contributed by atoms with Crippen molar-refractivity contribution in [3.8, 4) is 0 Å². The van der Waals surface area contributed by atoms with Crippen LogP contribution in [0.3, 0.4) is 0 Å². The van der Waals surface area contributed by atoms with Crippen molar-refractivity contribution in [2.75, 3.05) is 7.11 Å². The molecule has 8 heteroatoms. The minimum Gasteiger partial charge on any atom is -0.469 e. The van der Waals surface area contributed by atoms with E-state index in [4.69, 9.17) is 0 Å². The molecular formula is C25H37F3O5. The van der Waals surface area contributed by atoms with E-state index in [0.29, 0.717) is 38.5 Å². The zero-order valence-electron chi connectivity index (χ0n) is 19.3. The van der Waals surface area contributed by atoms with Crippen molar-refractivity contribution in [3.63, 3.8) is 0 Å². The number of aliphatic hydroxyl groups is 3. The van der Waals surface area contributed by atoms with Gasteiger partial charge in [-0.2, -0.15) is 13.2 Å². The lowest BCUT2D eigenvalue weighted by molar-refractivity contribution is -0.140. The number of alkyl halides is 3. The molecule has 5 nitrogen and oxygen atoms in total. The molecule has 0 saturated heterocycles. The highest BCUT2D eigenvalue weighted by atomic mass is 19.4. The van der Waals surface area contributed by atoms with Crippen LogP contribution in [-0.4, -0.2) is 46.7 Å². The molecule has 1 saturated carbocycles. The van der Waals surface area contributed by atoms with Crippen LogP contribution in [0.5, 0.6) is 0 Å². The molecule has 2 rings (SSSR count). The first-order chi connectivity index (χ1) is 15.6. The summed E-state index contributed by atoms with van der Waals surface area (Å²) in [6.07, 6.45) is 0.954. The van der Waals surface area contributed by atoms with Crippen molar-refractivity contribution < 1.29 is 38.0 Å². The summed E-state index contributed by atoms with van der Waals surface area (Å²) in [6, 6.07) is 4.98. The number of rotatable bonds is 13. The van der Waals surface area contributed by atoms with Crippen molar-refractivity contribution in [2.24, 2.45) is 11.8 Å². The maximum atomic E-state index is 12.7. The van der Waals surface area contributed by atoms with Crippen LogP contribution in [0.25, 0.3) is 0 Å². The van der Waals surface area contributed by atoms with Gasteiger partial charge >= 0.3 is 12.1 Å². The minimum atomic E-state index is -4.36. The highest BCUT2D eigenvalue weighted by molar-refractivity contribution is 5.68. The van der Waals surface area contributed by atoms with E-state index in [2.05, 4.69) is 4.74 Å². The van der Waals surface area contributed by atoms with Gasteiger partial charge < -0.3 is 20.1 Å². The van der Waals surface area contributed by atoms with Gasteiger partial charge in [0, 0.05) is 6.42 Å². The van der Waals surface area contributed by atoms with Crippen LogP contribution in [0.2, 0.25) is 0 Å².